The first-order valence-electron chi connectivity index (χ1n) is 8.98. The number of anilines is 1. The van der Waals surface area contributed by atoms with E-state index in [0.29, 0.717) is 28.2 Å². The van der Waals surface area contributed by atoms with E-state index in [1.165, 1.54) is 0 Å². The molecule has 1 aliphatic rings. The number of nitrogens with zero attached hydrogens (tertiary/aromatic N) is 1. The van der Waals surface area contributed by atoms with E-state index in [2.05, 4.69) is 31.9 Å². The summed E-state index contributed by atoms with van der Waals surface area (Å²) >= 11 is 20.8. The maximum Gasteiger partial charge on any atom is 0.238 e. The number of ether oxygens (including phenoxy) is 1. The summed E-state index contributed by atoms with van der Waals surface area (Å²) in [4.78, 5) is 14.4. The van der Waals surface area contributed by atoms with Crippen molar-refractivity contribution in [2.24, 2.45) is 0 Å². The lowest BCUT2D eigenvalue weighted by Gasteiger charge is -2.25. The van der Waals surface area contributed by atoms with E-state index in [4.69, 9.17) is 27.9 Å². The number of rotatable bonds is 5. The fraction of sp³-hybridized carbons (Fsp3) is 0.136. The minimum Gasteiger partial charge on any atom is -0.487 e. The third kappa shape index (κ3) is 4.83. The lowest BCUT2D eigenvalue weighted by molar-refractivity contribution is -0.115. The van der Waals surface area contributed by atoms with Crippen LogP contribution in [0.5, 0.6) is 5.75 Å². The molecule has 154 valence electrons. The van der Waals surface area contributed by atoms with Gasteiger partial charge in [-0.25, -0.2) is 0 Å². The molecule has 0 saturated carbocycles. The Balaban J connectivity index is 1.58. The monoisotopic (exact) mass is 585 g/mol. The Hall–Kier alpha value is -1.18. The fourth-order valence-electron chi connectivity index (χ4n) is 3.15. The van der Waals surface area contributed by atoms with Crippen molar-refractivity contribution in [3.63, 3.8) is 0 Å². The summed E-state index contributed by atoms with van der Waals surface area (Å²) in [5.74, 6) is 1.21. The van der Waals surface area contributed by atoms with Crippen molar-refractivity contribution in [1.82, 2.24) is 0 Å². The molecule has 3 aromatic carbocycles. The van der Waals surface area contributed by atoms with Crippen LogP contribution in [0.25, 0.3) is 0 Å². The van der Waals surface area contributed by atoms with Crippen LogP contribution in [-0.2, 0) is 11.4 Å². The van der Waals surface area contributed by atoms with Crippen LogP contribution in [0.4, 0.5) is 5.69 Å². The van der Waals surface area contributed by atoms with Gasteiger partial charge in [0.25, 0.3) is 0 Å². The van der Waals surface area contributed by atoms with Gasteiger partial charge in [-0.05, 0) is 91.5 Å². The number of hydrogen-bond acceptors (Lipinski definition) is 3. The van der Waals surface area contributed by atoms with Crippen molar-refractivity contribution in [2.45, 2.75) is 12.0 Å². The highest BCUT2D eigenvalue weighted by Crippen LogP contribution is 2.45. The first-order chi connectivity index (χ1) is 14.4. The second-order valence-corrected chi connectivity index (χ2v) is 10.3. The minimum atomic E-state index is -0.128. The SMILES string of the molecule is O=C1CS[C@H](c2cc(Br)c(OCc3ccc(Cl)cc3)c(Br)c2)N1c1ccc(Cl)cc1. The van der Waals surface area contributed by atoms with Gasteiger partial charge in [0.05, 0.1) is 14.7 Å². The van der Waals surface area contributed by atoms with Gasteiger partial charge < -0.3 is 4.74 Å². The molecule has 1 fully saturated rings. The molecule has 1 amide bonds. The molecule has 4 rings (SSSR count). The lowest BCUT2D eigenvalue weighted by Crippen LogP contribution is -2.27. The Morgan fingerprint density at radius 2 is 1.53 bits per heavy atom. The molecule has 0 bridgehead atoms. The maximum atomic E-state index is 12.6. The van der Waals surface area contributed by atoms with Gasteiger partial charge in [-0.1, -0.05) is 35.3 Å². The third-order valence-electron chi connectivity index (χ3n) is 4.57. The summed E-state index contributed by atoms with van der Waals surface area (Å²) in [5, 5.41) is 1.21. The van der Waals surface area contributed by atoms with Gasteiger partial charge in [-0.2, -0.15) is 0 Å². The van der Waals surface area contributed by atoms with Gasteiger partial charge in [0.1, 0.15) is 17.7 Å². The van der Waals surface area contributed by atoms with Crippen molar-refractivity contribution < 1.29 is 9.53 Å². The molecule has 8 heteroatoms. The number of amides is 1. The number of benzene rings is 3. The summed E-state index contributed by atoms with van der Waals surface area (Å²) in [6.45, 7) is 0.418. The average molecular weight is 588 g/mol. The standard InChI is InChI=1S/C22H15Br2Cl2NO2S/c23-18-9-14(10-19(24)21(18)29-11-13-1-3-15(25)4-2-13)22-27(20(28)12-30-22)17-7-5-16(26)6-8-17/h1-10,22H,11-12H2/t22-/m1/s1. The van der Waals surface area contributed by atoms with Crippen LogP contribution >= 0.6 is 66.8 Å². The van der Waals surface area contributed by atoms with Crippen molar-refractivity contribution in [3.8, 4) is 5.75 Å². The highest BCUT2D eigenvalue weighted by molar-refractivity contribution is 9.11. The molecule has 0 N–H and O–H groups in total. The molecule has 0 radical (unpaired) electrons. The van der Waals surface area contributed by atoms with Gasteiger partial charge in [0, 0.05) is 15.7 Å². The molecule has 0 aromatic heterocycles. The maximum absolute atomic E-state index is 12.6. The van der Waals surface area contributed by atoms with Crippen LogP contribution < -0.4 is 9.64 Å². The van der Waals surface area contributed by atoms with E-state index in [1.54, 1.807) is 23.9 Å². The molecule has 1 atom stereocenters. The largest absolute Gasteiger partial charge is 0.487 e. The Labute approximate surface area is 205 Å². The highest BCUT2D eigenvalue weighted by atomic mass is 79.9. The number of carbonyl (C=O) groups is 1. The van der Waals surface area contributed by atoms with Gasteiger partial charge in [-0.3, -0.25) is 9.69 Å². The van der Waals surface area contributed by atoms with Gasteiger partial charge >= 0.3 is 0 Å². The molecule has 3 nitrogen and oxygen atoms in total. The Morgan fingerprint density at radius 3 is 2.13 bits per heavy atom. The van der Waals surface area contributed by atoms with E-state index in [0.717, 1.165) is 25.8 Å². The van der Waals surface area contributed by atoms with Crippen LogP contribution in [-0.4, -0.2) is 11.7 Å². The van der Waals surface area contributed by atoms with Crippen LogP contribution in [0.3, 0.4) is 0 Å². The minimum absolute atomic E-state index is 0.0719. The van der Waals surface area contributed by atoms with Crippen LogP contribution in [0.15, 0.2) is 69.6 Å². The molecule has 0 unspecified atom stereocenters. The Kier molecular flexibility index (Phi) is 7.00. The summed E-state index contributed by atoms with van der Waals surface area (Å²) in [7, 11) is 0. The normalized spacial score (nSPS) is 16.2. The third-order valence-corrected chi connectivity index (χ3v) is 7.47. The molecule has 3 aromatic rings. The van der Waals surface area contributed by atoms with Crippen LogP contribution in [0, 0.1) is 0 Å². The highest BCUT2D eigenvalue weighted by Gasteiger charge is 2.34. The van der Waals surface area contributed by atoms with Crippen molar-refractivity contribution in [2.75, 3.05) is 10.7 Å². The predicted molar refractivity (Wildman–Crippen MR) is 132 cm³/mol. The topological polar surface area (TPSA) is 29.5 Å². The zero-order chi connectivity index (χ0) is 21.3. The summed E-state index contributed by atoms with van der Waals surface area (Å²) in [5.41, 5.74) is 2.85. The zero-order valence-corrected chi connectivity index (χ0v) is 20.9. The van der Waals surface area contributed by atoms with E-state index in [-0.39, 0.29) is 11.3 Å². The van der Waals surface area contributed by atoms with Gasteiger partial charge in [0.15, 0.2) is 0 Å². The van der Waals surface area contributed by atoms with Crippen molar-refractivity contribution >= 4 is 78.4 Å². The molecular formula is C22H15Br2Cl2NO2S. The summed E-state index contributed by atoms with van der Waals surface area (Å²) in [6, 6.07) is 18.9. The molecule has 1 saturated heterocycles. The van der Waals surface area contributed by atoms with Crippen LogP contribution in [0.2, 0.25) is 10.0 Å². The number of halogens is 4. The molecule has 1 heterocycles. The molecule has 30 heavy (non-hydrogen) atoms. The first-order valence-corrected chi connectivity index (χ1v) is 12.4. The number of hydrogen-bond donors (Lipinski definition) is 0. The molecule has 1 aliphatic heterocycles. The number of carbonyl (C=O) groups excluding carboxylic acids is 1. The quantitative estimate of drug-likeness (QED) is 0.304. The van der Waals surface area contributed by atoms with E-state index in [9.17, 15) is 4.79 Å². The number of thioether (sulfide) groups is 1. The Morgan fingerprint density at radius 1 is 0.967 bits per heavy atom. The summed E-state index contributed by atoms with van der Waals surface area (Å²) < 4.78 is 7.65. The molecule has 0 spiro atoms. The van der Waals surface area contributed by atoms with Gasteiger partial charge in [0.2, 0.25) is 5.91 Å². The smallest absolute Gasteiger partial charge is 0.238 e. The van der Waals surface area contributed by atoms with Crippen molar-refractivity contribution in [1.29, 1.82) is 0 Å². The molecular weight excluding hydrogens is 573 g/mol. The second kappa shape index (κ2) is 9.53. The van der Waals surface area contributed by atoms with E-state index >= 15 is 0 Å². The zero-order valence-electron chi connectivity index (χ0n) is 15.4. The molecule has 0 aliphatic carbocycles. The first kappa shape index (κ1) is 22.0. The van der Waals surface area contributed by atoms with Crippen LogP contribution in [0.1, 0.15) is 16.5 Å². The van der Waals surface area contributed by atoms with E-state index < -0.39 is 0 Å². The second-order valence-electron chi connectivity index (χ2n) is 6.63. The van der Waals surface area contributed by atoms with Gasteiger partial charge in [-0.15, -0.1) is 11.8 Å². The van der Waals surface area contributed by atoms with Crippen molar-refractivity contribution in [3.05, 3.63) is 90.8 Å². The Bertz CT molecular complexity index is 1050. The fourth-order valence-corrected chi connectivity index (χ4v) is 6.01. The average Bonchev–Trinajstić information content (AvgIpc) is 3.11. The van der Waals surface area contributed by atoms with E-state index in [1.807, 2.05) is 53.4 Å². The lowest BCUT2D eigenvalue weighted by atomic mass is 10.1. The predicted octanol–water partition coefficient (Wildman–Crippen LogP) is 7.88. The summed E-state index contributed by atoms with van der Waals surface area (Å²) in [6.07, 6.45) is 0.